The Kier molecular flexibility index (Phi) is 17.1. The van der Waals surface area contributed by atoms with Crippen LogP contribution in [0.4, 0.5) is 0 Å². The van der Waals surface area contributed by atoms with Crippen LogP contribution in [0.25, 0.3) is 0 Å². The van der Waals surface area contributed by atoms with E-state index < -0.39 is 16.6 Å². The number of rotatable bonds is 2. The van der Waals surface area contributed by atoms with Gasteiger partial charge in [0.2, 0.25) is 0 Å². The average Bonchev–Trinajstić information content (AvgIpc) is 2.07. The van der Waals surface area contributed by atoms with Crippen LogP contribution in [0.2, 0.25) is 39.3 Å². The van der Waals surface area contributed by atoms with Crippen molar-refractivity contribution in [1.29, 1.82) is 0 Å². The molecule has 0 aliphatic heterocycles. The zero-order chi connectivity index (χ0) is 12.4. The molecular weight excluding hydrogens is 438 g/mol. The van der Waals surface area contributed by atoms with Gasteiger partial charge in [-0.2, -0.15) is 0 Å². The molecule has 0 unspecified atom stereocenters. The Labute approximate surface area is 115 Å². The molecule has 6 heteroatoms. The fourth-order valence-electron chi connectivity index (χ4n) is 0. The predicted octanol–water partition coefficient (Wildman–Crippen LogP) is 4.71. The summed E-state index contributed by atoms with van der Waals surface area (Å²) >= 11 is 4.24. The van der Waals surface area contributed by atoms with E-state index in [4.69, 9.17) is 8.85 Å². The highest BCUT2D eigenvalue weighted by molar-refractivity contribution is 15.0. The van der Waals surface area contributed by atoms with Gasteiger partial charge >= 0.3 is 0 Å². The van der Waals surface area contributed by atoms with E-state index in [0.717, 1.165) is 0 Å². The summed E-state index contributed by atoms with van der Waals surface area (Å²) < 4.78 is 10.2. The highest BCUT2D eigenvalue weighted by atomic mass is 128. The molecule has 0 rings (SSSR count). The van der Waals surface area contributed by atoms with Gasteiger partial charge in [-0.05, 0) is 39.3 Å². The van der Waals surface area contributed by atoms with Gasteiger partial charge in [-0.1, -0.05) is 0 Å². The van der Waals surface area contributed by atoms with E-state index in [1.54, 1.807) is 14.2 Å². The first-order valence-electron chi connectivity index (χ1n) is 4.37. The maximum absolute atomic E-state index is 5.08. The normalized spacial score (nSPS) is 10.7. The van der Waals surface area contributed by atoms with Crippen molar-refractivity contribution in [1.82, 2.24) is 0 Å². The molecule has 14 heavy (non-hydrogen) atoms. The second-order valence-electron chi connectivity index (χ2n) is 4.63. The minimum atomic E-state index is -1.13. The van der Waals surface area contributed by atoms with Gasteiger partial charge < -0.3 is 8.85 Å². The van der Waals surface area contributed by atoms with Crippen molar-refractivity contribution in [3.63, 3.8) is 0 Å². The summed E-state index contributed by atoms with van der Waals surface area (Å²) in [6, 6.07) is 0. The van der Waals surface area contributed by atoms with Crippen LogP contribution < -0.4 is 0 Å². The van der Waals surface area contributed by atoms with Crippen molar-refractivity contribution in [2.75, 3.05) is 14.2 Å². The molecule has 0 aromatic carbocycles. The first kappa shape index (κ1) is 21.1. The lowest BCUT2D eigenvalue weighted by molar-refractivity contribution is 0.410. The smallest absolute Gasteiger partial charge is 0.183 e. The molecular formula is C8H24I2O2Si2. The highest BCUT2D eigenvalue weighted by Gasteiger charge is 2.09. The monoisotopic (exact) mass is 462 g/mol. The van der Waals surface area contributed by atoms with Crippen LogP contribution in [0.3, 0.4) is 0 Å². The highest BCUT2D eigenvalue weighted by Crippen LogP contribution is 1.97. The third-order valence-corrected chi connectivity index (χ3v) is 3.67. The molecule has 0 aromatic heterocycles. The van der Waals surface area contributed by atoms with E-state index in [-0.39, 0.29) is 0 Å². The van der Waals surface area contributed by atoms with Gasteiger partial charge in [-0.25, -0.2) is 0 Å². The Hall–Kier alpha value is 1.81. The van der Waals surface area contributed by atoms with Crippen molar-refractivity contribution in [2.45, 2.75) is 39.3 Å². The van der Waals surface area contributed by atoms with Crippen molar-refractivity contribution in [2.24, 2.45) is 0 Å². The Morgan fingerprint density at radius 3 is 0.714 bits per heavy atom. The average molecular weight is 462 g/mol. The minimum Gasteiger partial charge on any atom is -0.421 e. The van der Waals surface area contributed by atoms with Gasteiger partial charge in [-0.3, -0.25) is 0 Å². The topological polar surface area (TPSA) is 18.5 Å². The molecule has 0 amide bonds. The molecule has 0 fully saturated rings. The lowest BCUT2D eigenvalue weighted by atomic mass is 11.8. The second kappa shape index (κ2) is 11.3. The van der Waals surface area contributed by atoms with Gasteiger partial charge in [0.15, 0.2) is 16.6 Å². The van der Waals surface area contributed by atoms with Crippen LogP contribution in [0.1, 0.15) is 0 Å². The van der Waals surface area contributed by atoms with Gasteiger partial charge in [-0.15, -0.1) is 0 Å². The summed E-state index contributed by atoms with van der Waals surface area (Å²) in [6.07, 6.45) is 0. The summed E-state index contributed by atoms with van der Waals surface area (Å²) in [7, 11) is 1.28. The van der Waals surface area contributed by atoms with Crippen LogP contribution in [-0.2, 0) is 8.85 Å². The molecule has 0 saturated heterocycles. The lowest BCUT2D eigenvalue weighted by Gasteiger charge is -2.10. The van der Waals surface area contributed by atoms with Gasteiger partial charge in [0.1, 0.15) is 0 Å². The van der Waals surface area contributed by atoms with Crippen molar-refractivity contribution in [3.05, 3.63) is 0 Å². The van der Waals surface area contributed by atoms with Gasteiger partial charge in [0.25, 0.3) is 0 Å². The van der Waals surface area contributed by atoms with Gasteiger partial charge in [0.05, 0.1) is 0 Å². The third kappa shape index (κ3) is 37.1. The largest absolute Gasteiger partial charge is 0.421 e. The van der Waals surface area contributed by atoms with Crippen LogP contribution in [-0.4, -0.2) is 30.9 Å². The van der Waals surface area contributed by atoms with E-state index in [2.05, 4.69) is 76.5 Å². The van der Waals surface area contributed by atoms with E-state index in [9.17, 15) is 0 Å². The lowest BCUT2D eigenvalue weighted by Crippen LogP contribution is -2.22. The molecule has 2 nitrogen and oxygen atoms in total. The quantitative estimate of drug-likeness (QED) is 0.438. The summed E-state index contributed by atoms with van der Waals surface area (Å²) in [5.41, 5.74) is 0. The van der Waals surface area contributed by atoms with E-state index in [0.29, 0.717) is 0 Å². The molecule has 0 bridgehead atoms. The van der Waals surface area contributed by atoms with Crippen LogP contribution in [0.15, 0.2) is 0 Å². The van der Waals surface area contributed by atoms with Crippen molar-refractivity contribution >= 4 is 53.9 Å². The SMILES string of the molecule is CO[Si](C)(C)C.CO[Si](C)(C)C.II. The molecule has 0 heterocycles. The summed E-state index contributed by atoms with van der Waals surface area (Å²) in [5, 5.41) is 0. The van der Waals surface area contributed by atoms with E-state index in [1.807, 2.05) is 0 Å². The molecule has 0 saturated carbocycles. The van der Waals surface area contributed by atoms with E-state index >= 15 is 0 Å². The fourth-order valence-corrected chi connectivity index (χ4v) is 0. The zero-order valence-corrected chi connectivity index (χ0v) is 16.9. The number of halogens is 2. The summed E-state index contributed by atoms with van der Waals surface area (Å²) in [5.74, 6) is 0. The van der Waals surface area contributed by atoms with E-state index in [1.165, 1.54) is 0 Å². The first-order chi connectivity index (χ1) is 6.12. The zero-order valence-electron chi connectivity index (χ0n) is 10.6. The summed E-state index contributed by atoms with van der Waals surface area (Å²) in [4.78, 5) is 0. The predicted molar refractivity (Wildman–Crippen MR) is 88.8 cm³/mol. The van der Waals surface area contributed by atoms with Crippen LogP contribution >= 0.6 is 37.2 Å². The molecule has 0 aromatic rings. The second-order valence-corrected chi connectivity index (χ2v) is 13.9. The molecule has 0 N–H and O–H groups in total. The van der Waals surface area contributed by atoms with Crippen LogP contribution in [0.5, 0.6) is 0 Å². The molecule has 0 atom stereocenters. The molecule has 0 radical (unpaired) electrons. The third-order valence-electron chi connectivity index (χ3n) is 1.22. The van der Waals surface area contributed by atoms with Crippen molar-refractivity contribution < 1.29 is 8.85 Å². The fraction of sp³-hybridized carbons (Fsp3) is 1.00. The first-order valence-corrected chi connectivity index (χ1v) is 17.5. The number of hydrogen-bond acceptors (Lipinski definition) is 2. The molecule has 0 aliphatic rings. The summed E-state index contributed by atoms with van der Waals surface area (Å²) in [6.45, 7) is 13.0. The van der Waals surface area contributed by atoms with Crippen LogP contribution in [0, 0.1) is 0 Å². The maximum Gasteiger partial charge on any atom is 0.183 e. The Morgan fingerprint density at radius 2 is 0.714 bits per heavy atom. The Bertz CT molecular complexity index is 96.9. The van der Waals surface area contributed by atoms with Gasteiger partial charge in [0, 0.05) is 51.5 Å². The molecule has 0 aliphatic carbocycles. The van der Waals surface area contributed by atoms with Crippen molar-refractivity contribution in [3.8, 4) is 0 Å². The molecule has 90 valence electrons. The minimum absolute atomic E-state index is 1.13. The standard InChI is InChI=1S/2C4H12OSi.I2/c2*1-5-6(2,3)4;1-2/h2*1-4H3;. The Morgan fingerprint density at radius 1 is 0.643 bits per heavy atom. The Balaban J connectivity index is -0.000000147. The maximum atomic E-state index is 5.08. The number of hydrogen-bond donors (Lipinski definition) is 0. The molecule has 0 spiro atoms.